The van der Waals surface area contributed by atoms with Crippen LogP contribution in [0.1, 0.15) is 16.7 Å². The molecule has 4 rings (SSSR count). The largest absolute Gasteiger partial charge is 0.488 e. The van der Waals surface area contributed by atoms with Crippen LogP contribution >= 0.6 is 0 Å². The van der Waals surface area contributed by atoms with Crippen LogP contribution in [0.15, 0.2) is 90.0 Å². The molecular weight excluding hydrogens is 447 g/mol. The molecule has 0 radical (unpaired) electrons. The molecule has 9 heteroatoms. The minimum atomic E-state index is -4.69. The van der Waals surface area contributed by atoms with Gasteiger partial charge in [0.1, 0.15) is 18.0 Å². The first-order valence-corrected chi connectivity index (χ1v) is 10.2. The van der Waals surface area contributed by atoms with Crippen LogP contribution in [0.25, 0.3) is 10.8 Å². The zero-order valence-corrected chi connectivity index (χ0v) is 17.6. The summed E-state index contributed by atoms with van der Waals surface area (Å²) in [7, 11) is 0. The van der Waals surface area contributed by atoms with E-state index in [1.807, 2.05) is 42.5 Å². The second-order valence-corrected chi connectivity index (χ2v) is 7.32. The van der Waals surface area contributed by atoms with Gasteiger partial charge < -0.3 is 4.74 Å². The number of nitro benzene ring substituents is 1. The Hall–Kier alpha value is -4.40. The van der Waals surface area contributed by atoms with Crippen molar-refractivity contribution in [1.82, 2.24) is 0 Å². The highest BCUT2D eigenvalue weighted by atomic mass is 19.4. The highest BCUT2D eigenvalue weighted by molar-refractivity contribution is 5.86. The van der Waals surface area contributed by atoms with Crippen molar-refractivity contribution in [2.45, 2.75) is 12.8 Å². The maximum absolute atomic E-state index is 12.9. The van der Waals surface area contributed by atoms with Crippen molar-refractivity contribution in [3.8, 4) is 5.75 Å². The molecule has 0 fully saturated rings. The van der Waals surface area contributed by atoms with E-state index in [2.05, 4.69) is 10.5 Å². The molecule has 6 nitrogen and oxygen atoms in total. The minimum Gasteiger partial charge on any atom is -0.488 e. The van der Waals surface area contributed by atoms with Crippen LogP contribution in [0.2, 0.25) is 0 Å². The molecule has 0 unspecified atom stereocenters. The zero-order chi connectivity index (χ0) is 24.1. The molecule has 0 aliphatic heterocycles. The standard InChI is InChI=1S/C25H18F3N3O3/c26-25(27,28)20-12-13-22(23(14-20)31(32)33)30-29-15-18-7-2-4-11-24(18)34-16-19-9-5-8-17-6-1-3-10-21(17)19/h1-15,30H,16H2/b29-15-. The van der Waals surface area contributed by atoms with Gasteiger partial charge in [0.25, 0.3) is 5.69 Å². The summed E-state index contributed by atoms with van der Waals surface area (Å²) in [6.07, 6.45) is -3.30. The Morgan fingerprint density at radius 2 is 1.71 bits per heavy atom. The number of halogens is 3. The predicted molar refractivity (Wildman–Crippen MR) is 124 cm³/mol. The number of benzene rings is 4. The van der Waals surface area contributed by atoms with E-state index < -0.39 is 22.4 Å². The van der Waals surface area contributed by atoms with Gasteiger partial charge in [0.15, 0.2) is 0 Å². The predicted octanol–water partition coefficient (Wildman–Crippen LogP) is 6.79. The minimum absolute atomic E-state index is 0.164. The third-order valence-electron chi connectivity index (χ3n) is 5.09. The van der Waals surface area contributed by atoms with Crippen molar-refractivity contribution in [3.05, 3.63) is 112 Å². The summed E-state index contributed by atoms with van der Waals surface area (Å²) in [6, 6.07) is 23.2. The third kappa shape index (κ3) is 5.15. The first kappa shape index (κ1) is 22.8. The summed E-state index contributed by atoms with van der Waals surface area (Å²) in [5.74, 6) is 0.530. The van der Waals surface area contributed by atoms with Gasteiger partial charge in [-0.2, -0.15) is 18.3 Å². The summed E-state index contributed by atoms with van der Waals surface area (Å²) in [5.41, 5.74) is 2.04. The van der Waals surface area contributed by atoms with Crippen LogP contribution in [0.4, 0.5) is 24.5 Å². The highest BCUT2D eigenvalue weighted by Gasteiger charge is 2.33. The fourth-order valence-electron chi connectivity index (χ4n) is 3.42. The van der Waals surface area contributed by atoms with Gasteiger partial charge in [0, 0.05) is 11.6 Å². The van der Waals surface area contributed by atoms with Gasteiger partial charge in [0.2, 0.25) is 0 Å². The lowest BCUT2D eigenvalue weighted by Crippen LogP contribution is -2.06. The lowest BCUT2D eigenvalue weighted by Gasteiger charge is -2.11. The number of hydrogen-bond acceptors (Lipinski definition) is 5. The molecule has 0 spiro atoms. The van der Waals surface area contributed by atoms with Gasteiger partial charge in [0.05, 0.1) is 16.7 Å². The third-order valence-corrected chi connectivity index (χ3v) is 5.09. The van der Waals surface area contributed by atoms with Crippen molar-refractivity contribution < 1.29 is 22.8 Å². The fraction of sp³-hybridized carbons (Fsp3) is 0.0800. The Kier molecular flexibility index (Phi) is 6.44. The van der Waals surface area contributed by atoms with E-state index in [1.54, 1.807) is 24.3 Å². The Labute approximate surface area is 192 Å². The van der Waals surface area contributed by atoms with Gasteiger partial charge in [-0.1, -0.05) is 54.6 Å². The van der Waals surface area contributed by atoms with Crippen molar-refractivity contribution in [2.24, 2.45) is 5.10 Å². The molecule has 1 N–H and O–H groups in total. The average Bonchev–Trinajstić information content (AvgIpc) is 2.82. The number of alkyl halides is 3. The van der Waals surface area contributed by atoms with E-state index in [0.29, 0.717) is 24.0 Å². The smallest absolute Gasteiger partial charge is 0.416 e. The number of para-hydroxylation sites is 1. The van der Waals surface area contributed by atoms with Crippen LogP contribution in [-0.2, 0) is 12.8 Å². The van der Waals surface area contributed by atoms with Crippen LogP contribution in [0, 0.1) is 10.1 Å². The van der Waals surface area contributed by atoms with Crippen LogP contribution in [0.5, 0.6) is 5.75 Å². The number of nitrogens with zero attached hydrogens (tertiary/aromatic N) is 2. The Bertz CT molecular complexity index is 1370. The maximum Gasteiger partial charge on any atom is 0.416 e. The van der Waals surface area contributed by atoms with E-state index >= 15 is 0 Å². The molecule has 34 heavy (non-hydrogen) atoms. The SMILES string of the molecule is O=[N+]([O-])c1cc(C(F)(F)F)ccc1N/N=C\c1ccccc1OCc1cccc2ccccc12. The molecule has 0 aliphatic rings. The van der Waals surface area contributed by atoms with Crippen LogP contribution in [-0.4, -0.2) is 11.1 Å². The summed E-state index contributed by atoms with van der Waals surface area (Å²) < 4.78 is 44.6. The maximum atomic E-state index is 12.9. The molecule has 0 aromatic heterocycles. The number of ether oxygens (including phenoxy) is 1. The molecule has 0 saturated heterocycles. The quantitative estimate of drug-likeness (QED) is 0.185. The van der Waals surface area contributed by atoms with E-state index in [4.69, 9.17) is 4.74 Å². The number of anilines is 1. The number of hydrazone groups is 1. The zero-order valence-electron chi connectivity index (χ0n) is 17.6. The topological polar surface area (TPSA) is 76.8 Å². The van der Waals surface area contributed by atoms with Crippen LogP contribution < -0.4 is 10.2 Å². The second-order valence-electron chi connectivity index (χ2n) is 7.32. The molecule has 0 saturated carbocycles. The molecule has 0 atom stereocenters. The van der Waals surface area contributed by atoms with Gasteiger partial charge in [-0.25, -0.2) is 0 Å². The molecule has 0 heterocycles. The summed E-state index contributed by atoms with van der Waals surface area (Å²) >= 11 is 0. The Morgan fingerprint density at radius 1 is 0.971 bits per heavy atom. The first-order valence-electron chi connectivity index (χ1n) is 10.2. The van der Waals surface area contributed by atoms with Crippen molar-refractivity contribution in [1.29, 1.82) is 0 Å². The molecule has 172 valence electrons. The Morgan fingerprint density at radius 3 is 2.50 bits per heavy atom. The monoisotopic (exact) mass is 465 g/mol. The molecule has 0 aliphatic carbocycles. The summed E-state index contributed by atoms with van der Waals surface area (Å²) in [6.45, 7) is 0.310. The lowest BCUT2D eigenvalue weighted by atomic mass is 10.1. The van der Waals surface area contributed by atoms with Gasteiger partial charge in [-0.3, -0.25) is 15.5 Å². The average molecular weight is 465 g/mol. The highest BCUT2D eigenvalue weighted by Crippen LogP contribution is 2.35. The van der Waals surface area contributed by atoms with Crippen LogP contribution in [0.3, 0.4) is 0 Å². The van der Waals surface area contributed by atoms with Crippen molar-refractivity contribution in [3.63, 3.8) is 0 Å². The van der Waals surface area contributed by atoms with E-state index in [-0.39, 0.29) is 5.69 Å². The van der Waals surface area contributed by atoms with E-state index in [0.717, 1.165) is 28.5 Å². The molecule has 4 aromatic rings. The summed E-state index contributed by atoms with van der Waals surface area (Å²) in [5, 5.41) is 17.4. The Balaban J connectivity index is 1.51. The molecular formula is C25H18F3N3O3. The number of nitrogens with one attached hydrogen (secondary N) is 1. The van der Waals surface area contributed by atoms with E-state index in [1.165, 1.54) is 6.21 Å². The number of hydrogen-bond donors (Lipinski definition) is 1. The molecule has 0 amide bonds. The number of fused-ring (bicyclic) bond motifs is 1. The van der Waals surface area contributed by atoms with Crippen molar-refractivity contribution >= 4 is 28.4 Å². The van der Waals surface area contributed by atoms with Gasteiger partial charge >= 0.3 is 6.18 Å². The molecule has 4 aromatic carbocycles. The van der Waals surface area contributed by atoms with E-state index in [9.17, 15) is 23.3 Å². The van der Waals surface area contributed by atoms with Gasteiger partial charge in [-0.15, -0.1) is 0 Å². The number of rotatable bonds is 7. The second kappa shape index (κ2) is 9.62. The number of nitro groups is 1. The normalized spacial score (nSPS) is 11.6. The lowest BCUT2D eigenvalue weighted by molar-refractivity contribution is -0.384. The van der Waals surface area contributed by atoms with Gasteiger partial charge in [-0.05, 0) is 40.6 Å². The molecule has 0 bridgehead atoms. The summed E-state index contributed by atoms with van der Waals surface area (Å²) in [4.78, 5) is 10.3. The fourth-order valence-corrected chi connectivity index (χ4v) is 3.42. The first-order chi connectivity index (χ1) is 16.3. The van der Waals surface area contributed by atoms with Crippen molar-refractivity contribution in [2.75, 3.05) is 5.43 Å².